The number of rotatable bonds is 5. The number of benzene rings is 2. The zero-order chi connectivity index (χ0) is 20.6. The van der Waals surface area contributed by atoms with Gasteiger partial charge in [0.05, 0.1) is 24.7 Å². The number of methoxy groups -OCH3 is 2. The van der Waals surface area contributed by atoms with Crippen LogP contribution in [0.15, 0.2) is 53.4 Å². The van der Waals surface area contributed by atoms with Crippen LogP contribution in [0.2, 0.25) is 0 Å². The Morgan fingerprint density at radius 1 is 1.03 bits per heavy atom. The molecular weight excluding hydrogens is 390 g/mol. The third kappa shape index (κ3) is 3.52. The lowest BCUT2D eigenvalue weighted by Crippen LogP contribution is -2.43. The van der Waals surface area contributed by atoms with Crippen molar-refractivity contribution in [3.8, 4) is 11.5 Å². The lowest BCUT2D eigenvalue weighted by Gasteiger charge is -2.41. The first-order chi connectivity index (χ1) is 13.9. The normalized spacial score (nSPS) is 27.4. The third-order valence-electron chi connectivity index (χ3n) is 6.42. The number of nitrogens with zero attached hydrogens (tertiary/aromatic N) is 1. The second-order valence-electron chi connectivity index (χ2n) is 7.91. The van der Waals surface area contributed by atoms with Gasteiger partial charge in [-0.1, -0.05) is 12.1 Å². The molecule has 7 heteroatoms. The summed E-state index contributed by atoms with van der Waals surface area (Å²) in [7, 11) is -0.473. The van der Waals surface area contributed by atoms with Crippen LogP contribution in [0.1, 0.15) is 24.8 Å². The molecule has 2 fully saturated rings. The first-order valence-electron chi connectivity index (χ1n) is 9.89. The van der Waals surface area contributed by atoms with E-state index in [1.165, 1.54) is 4.31 Å². The van der Waals surface area contributed by atoms with Gasteiger partial charge in [0.1, 0.15) is 11.5 Å². The molecular formula is C22H27NO5S. The molecule has 0 spiro atoms. The molecule has 1 heterocycles. The molecule has 2 aromatic carbocycles. The summed E-state index contributed by atoms with van der Waals surface area (Å²) >= 11 is 0. The van der Waals surface area contributed by atoms with Crippen LogP contribution < -0.4 is 9.47 Å². The minimum absolute atomic E-state index is 0.132. The van der Waals surface area contributed by atoms with Crippen LogP contribution in [0.25, 0.3) is 0 Å². The number of aliphatic hydroxyl groups is 1. The zero-order valence-electron chi connectivity index (χ0n) is 16.7. The second-order valence-corrected chi connectivity index (χ2v) is 9.85. The van der Waals surface area contributed by atoms with Gasteiger partial charge in [-0.2, -0.15) is 4.31 Å². The van der Waals surface area contributed by atoms with Crippen LogP contribution in [-0.2, 0) is 15.6 Å². The van der Waals surface area contributed by atoms with E-state index in [-0.39, 0.29) is 16.7 Å². The van der Waals surface area contributed by atoms with Crippen LogP contribution in [0.5, 0.6) is 11.5 Å². The fraction of sp³-hybridized carbons (Fsp3) is 0.455. The maximum atomic E-state index is 13.2. The molecule has 29 heavy (non-hydrogen) atoms. The maximum absolute atomic E-state index is 13.2. The monoisotopic (exact) mass is 417 g/mol. The Labute approximate surface area is 172 Å². The number of sulfonamides is 1. The molecule has 3 atom stereocenters. The minimum Gasteiger partial charge on any atom is -0.497 e. The SMILES string of the molecule is COc1ccc(S(=O)(=O)N2CC3CCCC(O)(c4cccc(OC)c4)C3C2)cc1. The van der Waals surface area contributed by atoms with Gasteiger partial charge in [-0.3, -0.25) is 0 Å². The van der Waals surface area contributed by atoms with E-state index in [0.29, 0.717) is 31.0 Å². The van der Waals surface area contributed by atoms with E-state index in [9.17, 15) is 13.5 Å². The molecule has 6 nitrogen and oxygen atoms in total. The number of fused-ring (bicyclic) bond motifs is 1. The zero-order valence-corrected chi connectivity index (χ0v) is 17.6. The number of ether oxygens (including phenoxy) is 2. The average Bonchev–Trinajstić information content (AvgIpc) is 3.21. The van der Waals surface area contributed by atoms with Crippen molar-refractivity contribution in [3.05, 3.63) is 54.1 Å². The molecule has 4 rings (SSSR count). The van der Waals surface area contributed by atoms with E-state index in [1.807, 2.05) is 24.3 Å². The van der Waals surface area contributed by atoms with Crippen molar-refractivity contribution < 1.29 is 23.0 Å². The van der Waals surface area contributed by atoms with Gasteiger partial charge >= 0.3 is 0 Å². The Balaban J connectivity index is 1.63. The molecule has 1 aliphatic heterocycles. The summed E-state index contributed by atoms with van der Waals surface area (Å²) in [6.07, 6.45) is 2.41. The molecule has 2 aromatic rings. The molecule has 0 bridgehead atoms. The summed E-state index contributed by atoms with van der Waals surface area (Å²) in [5.41, 5.74) is -0.253. The van der Waals surface area contributed by atoms with Crippen molar-refractivity contribution in [2.45, 2.75) is 29.8 Å². The Bertz CT molecular complexity index is 975. The van der Waals surface area contributed by atoms with E-state index < -0.39 is 15.6 Å². The summed E-state index contributed by atoms with van der Waals surface area (Å²) in [6, 6.07) is 14.0. The van der Waals surface area contributed by atoms with Crippen LogP contribution in [0, 0.1) is 11.8 Å². The highest BCUT2D eigenvalue weighted by atomic mass is 32.2. The maximum Gasteiger partial charge on any atom is 0.243 e. The summed E-state index contributed by atoms with van der Waals surface area (Å²) in [6.45, 7) is 0.748. The van der Waals surface area contributed by atoms with Crippen molar-refractivity contribution >= 4 is 10.0 Å². The second kappa shape index (κ2) is 7.63. The predicted molar refractivity (Wildman–Crippen MR) is 109 cm³/mol. The minimum atomic E-state index is -3.63. The molecule has 1 saturated carbocycles. The van der Waals surface area contributed by atoms with Crippen molar-refractivity contribution in [2.24, 2.45) is 11.8 Å². The fourth-order valence-electron chi connectivity index (χ4n) is 4.83. The Morgan fingerprint density at radius 2 is 1.76 bits per heavy atom. The average molecular weight is 418 g/mol. The summed E-state index contributed by atoms with van der Waals surface area (Å²) in [5.74, 6) is 1.30. The van der Waals surface area contributed by atoms with Crippen molar-refractivity contribution in [2.75, 3.05) is 27.3 Å². The standard InChI is InChI=1S/C22H27NO5S/c1-27-18-8-10-20(11-9-18)29(25,26)23-14-16-5-4-12-22(24,21(16)15-23)17-6-3-7-19(13-17)28-2/h3,6-11,13,16,21,24H,4-5,12,14-15H2,1-2H3. The van der Waals surface area contributed by atoms with E-state index in [4.69, 9.17) is 9.47 Å². The first-order valence-corrected chi connectivity index (χ1v) is 11.3. The molecule has 156 valence electrons. The van der Waals surface area contributed by atoms with Crippen LogP contribution in [-0.4, -0.2) is 45.1 Å². The summed E-state index contributed by atoms with van der Waals surface area (Å²) < 4.78 is 38.4. The molecule has 0 radical (unpaired) electrons. The molecule has 2 aliphatic rings. The van der Waals surface area contributed by atoms with Crippen LogP contribution in [0.4, 0.5) is 0 Å². The van der Waals surface area contributed by atoms with Crippen molar-refractivity contribution in [3.63, 3.8) is 0 Å². The molecule has 3 unspecified atom stereocenters. The van der Waals surface area contributed by atoms with E-state index in [1.54, 1.807) is 38.5 Å². The van der Waals surface area contributed by atoms with E-state index in [0.717, 1.165) is 18.4 Å². The van der Waals surface area contributed by atoms with Gasteiger partial charge in [0.15, 0.2) is 0 Å². The van der Waals surface area contributed by atoms with Crippen LogP contribution in [0.3, 0.4) is 0 Å². The van der Waals surface area contributed by atoms with Gasteiger partial charge in [0, 0.05) is 19.0 Å². The first kappa shape index (κ1) is 20.2. The topological polar surface area (TPSA) is 76.1 Å². The lowest BCUT2D eigenvalue weighted by atomic mass is 9.67. The molecule has 1 N–H and O–H groups in total. The van der Waals surface area contributed by atoms with Crippen molar-refractivity contribution in [1.29, 1.82) is 0 Å². The molecule has 0 amide bonds. The highest BCUT2D eigenvalue weighted by molar-refractivity contribution is 7.89. The van der Waals surface area contributed by atoms with Gasteiger partial charge in [0.2, 0.25) is 10.0 Å². The smallest absolute Gasteiger partial charge is 0.243 e. The van der Waals surface area contributed by atoms with Gasteiger partial charge in [-0.05, 0) is 67.1 Å². The summed E-state index contributed by atoms with van der Waals surface area (Å²) in [4.78, 5) is 0.252. The third-order valence-corrected chi connectivity index (χ3v) is 8.27. The molecule has 0 aromatic heterocycles. The van der Waals surface area contributed by atoms with E-state index in [2.05, 4.69) is 0 Å². The lowest BCUT2D eigenvalue weighted by molar-refractivity contribution is -0.0641. The largest absolute Gasteiger partial charge is 0.497 e. The van der Waals surface area contributed by atoms with E-state index >= 15 is 0 Å². The van der Waals surface area contributed by atoms with Gasteiger partial charge in [-0.25, -0.2) is 8.42 Å². The number of hydrogen-bond donors (Lipinski definition) is 1. The van der Waals surface area contributed by atoms with Gasteiger partial charge in [-0.15, -0.1) is 0 Å². The predicted octanol–water partition coefficient (Wildman–Crippen LogP) is 3.01. The molecule has 1 aliphatic carbocycles. The van der Waals surface area contributed by atoms with Gasteiger partial charge in [0.25, 0.3) is 0 Å². The molecule has 1 saturated heterocycles. The highest BCUT2D eigenvalue weighted by Crippen LogP contribution is 2.49. The van der Waals surface area contributed by atoms with Gasteiger partial charge < -0.3 is 14.6 Å². The van der Waals surface area contributed by atoms with Crippen molar-refractivity contribution in [1.82, 2.24) is 4.31 Å². The number of hydrogen-bond acceptors (Lipinski definition) is 5. The van der Waals surface area contributed by atoms with Crippen LogP contribution >= 0.6 is 0 Å². The highest BCUT2D eigenvalue weighted by Gasteiger charge is 2.52. The Kier molecular flexibility index (Phi) is 5.31. The fourth-order valence-corrected chi connectivity index (χ4v) is 6.35. The summed E-state index contributed by atoms with van der Waals surface area (Å²) in [5, 5.41) is 11.7. The quantitative estimate of drug-likeness (QED) is 0.809. The Hall–Kier alpha value is -2.09. The Morgan fingerprint density at radius 3 is 2.45 bits per heavy atom.